The molecule has 0 spiro atoms. The van der Waals surface area contributed by atoms with Crippen molar-refractivity contribution in [1.82, 2.24) is 4.90 Å². The zero-order valence-corrected chi connectivity index (χ0v) is 17.2. The van der Waals surface area contributed by atoms with Gasteiger partial charge in [-0.05, 0) is 35.6 Å². The summed E-state index contributed by atoms with van der Waals surface area (Å²) in [6.07, 6.45) is 0.854. The number of esters is 1. The quantitative estimate of drug-likeness (QED) is 0.613. The van der Waals surface area contributed by atoms with Gasteiger partial charge < -0.3 is 9.64 Å². The Labute approximate surface area is 168 Å². The van der Waals surface area contributed by atoms with Crippen LogP contribution in [0.4, 0.5) is 0 Å². The molecule has 0 radical (unpaired) electrons. The van der Waals surface area contributed by atoms with Crippen LogP contribution < -0.4 is 0 Å². The molecule has 0 heterocycles. The molecule has 0 N–H and O–H groups in total. The first-order valence-electron chi connectivity index (χ1n) is 9.15. The molecule has 1 saturated carbocycles. The van der Waals surface area contributed by atoms with Crippen LogP contribution in [0.2, 0.25) is 0 Å². The van der Waals surface area contributed by atoms with Gasteiger partial charge in [-0.15, -0.1) is 0 Å². The highest BCUT2D eigenvalue weighted by atomic mass is 79.9. The van der Waals surface area contributed by atoms with Crippen molar-refractivity contribution in [3.8, 4) is 0 Å². The van der Waals surface area contributed by atoms with Crippen LogP contribution in [-0.4, -0.2) is 30.4 Å². The topological polar surface area (TPSA) is 46.6 Å². The van der Waals surface area contributed by atoms with Crippen molar-refractivity contribution < 1.29 is 14.3 Å². The molecule has 27 heavy (non-hydrogen) atoms. The van der Waals surface area contributed by atoms with Gasteiger partial charge in [0.25, 0.3) is 0 Å². The molecule has 3 atom stereocenters. The van der Waals surface area contributed by atoms with Crippen molar-refractivity contribution in [3.05, 3.63) is 70.2 Å². The Kier molecular flexibility index (Phi) is 6.32. The average Bonchev–Trinajstić information content (AvgIpc) is 3.48. The maximum atomic E-state index is 13.2. The largest absolute Gasteiger partial charge is 0.469 e. The van der Waals surface area contributed by atoms with Crippen LogP contribution in [0.3, 0.4) is 0 Å². The van der Waals surface area contributed by atoms with Gasteiger partial charge in [-0.3, -0.25) is 9.59 Å². The predicted octanol–water partition coefficient (Wildman–Crippen LogP) is 4.39. The van der Waals surface area contributed by atoms with E-state index in [2.05, 4.69) is 28.1 Å². The van der Waals surface area contributed by atoms with E-state index < -0.39 is 0 Å². The van der Waals surface area contributed by atoms with Gasteiger partial charge in [-0.2, -0.15) is 0 Å². The van der Waals surface area contributed by atoms with E-state index in [4.69, 9.17) is 4.74 Å². The first-order valence-corrected chi connectivity index (χ1v) is 9.95. The number of ether oxygens (including phenoxy) is 1. The van der Waals surface area contributed by atoms with Crippen LogP contribution >= 0.6 is 15.9 Å². The Morgan fingerprint density at radius 3 is 2.59 bits per heavy atom. The van der Waals surface area contributed by atoms with E-state index in [1.807, 2.05) is 42.5 Å². The monoisotopic (exact) mass is 429 g/mol. The molecule has 1 fully saturated rings. The summed E-state index contributed by atoms with van der Waals surface area (Å²) in [5.41, 5.74) is 2.24. The maximum absolute atomic E-state index is 13.2. The summed E-state index contributed by atoms with van der Waals surface area (Å²) in [5.74, 6) is -0.305. The van der Waals surface area contributed by atoms with E-state index in [9.17, 15) is 9.59 Å². The second kappa shape index (κ2) is 8.70. The fourth-order valence-corrected chi connectivity index (χ4v) is 3.87. The minimum absolute atomic E-state index is 0.0205. The minimum Gasteiger partial charge on any atom is -0.469 e. The first kappa shape index (κ1) is 19.6. The molecule has 0 saturated heterocycles. The fourth-order valence-electron chi connectivity index (χ4n) is 3.45. The van der Waals surface area contributed by atoms with Gasteiger partial charge in [0, 0.05) is 23.5 Å². The van der Waals surface area contributed by atoms with E-state index in [1.165, 1.54) is 12.7 Å². The van der Waals surface area contributed by atoms with E-state index >= 15 is 0 Å². The molecule has 2 aromatic carbocycles. The summed E-state index contributed by atoms with van der Waals surface area (Å²) in [6, 6.07) is 18.0. The predicted molar refractivity (Wildman–Crippen MR) is 108 cm³/mol. The first-order chi connectivity index (χ1) is 13.0. The molecular formula is C22H24BrNO3. The number of nitrogens with zero attached hydrogens (tertiary/aromatic N) is 1. The van der Waals surface area contributed by atoms with Crippen molar-refractivity contribution in [2.24, 2.45) is 11.8 Å². The van der Waals surface area contributed by atoms with E-state index in [1.54, 1.807) is 11.8 Å². The van der Waals surface area contributed by atoms with Crippen molar-refractivity contribution in [2.75, 3.05) is 13.7 Å². The lowest BCUT2D eigenvalue weighted by Crippen LogP contribution is -2.38. The number of carbonyl (C=O) groups excluding carboxylic acids is 2. The van der Waals surface area contributed by atoms with Crippen molar-refractivity contribution in [2.45, 2.75) is 25.8 Å². The molecule has 4 nitrogen and oxygen atoms in total. The van der Waals surface area contributed by atoms with Crippen LogP contribution in [0.1, 0.15) is 30.4 Å². The zero-order chi connectivity index (χ0) is 19.4. The van der Waals surface area contributed by atoms with Gasteiger partial charge >= 0.3 is 5.97 Å². The molecule has 142 valence electrons. The SMILES string of the molecule is COC(=O)C(C)CN(Cc1ccccc1)C(=O)C1CC1c1cccc(Br)c1. The third-order valence-electron chi connectivity index (χ3n) is 5.01. The summed E-state index contributed by atoms with van der Waals surface area (Å²) < 4.78 is 5.87. The molecule has 0 bridgehead atoms. The molecule has 2 aromatic rings. The molecule has 1 aliphatic carbocycles. The Balaban J connectivity index is 1.73. The second-order valence-electron chi connectivity index (χ2n) is 7.13. The summed E-state index contributed by atoms with van der Waals surface area (Å²) >= 11 is 3.50. The number of hydrogen-bond acceptors (Lipinski definition) is 3. The summed E-state index contributed by atoms with van der Waals surface area (Å²) in [5, 5.41) is 0. The van der Waals surface area contributed by atoms with Gasteiger partial charge in [-0.25, -0.2) is 0 Å². The van der Waals surface area contributed by atoms with Crippen molar-refractivity contribution in [1.29, 1.82) is 0 Å². The number of methoxy groups -OCH3 is 1. The summed E-state index contributed by atoms with van der Waals surface area (Å²) in [6.45, 7) is 2.67. The van der Waals surface area contributed by atoms with E-state index in [0.717, 1.165) is 16.5 Å². The highest BCUT2D eigenvalue weighted by Crippen LogP contribution is 2.49. The van der Waals surface area contributed by atoms with Crippen LogP contribution in [0, 0.1) is 11.8 Å². The number of amides is 1. The number of rotatable bonds is 7. The Hall–Kier alpha value is -2.14. The van der Waals surface area contributed by atoms with E-state index in [-0.39, 0.29) is 29.6 Å². The summed E-state index contributed by atoms with van der Waals surface area (Å²) in [7, 11) is 1.38. The highest BCUT2D eigenvalue weighted by Gasteiger charge is 2.46. The maximum Gasteiger partial charge on any atom is 0.310 e. The van der Waals surface area contributed by atoms with Crippen LogP contribution in [0.15, 0.2) is 59.1 Å². The van der Waals surface area contributed by atoms with Gasteiger partial charge in [0.15, 0.2) is 0 Å². The third kappa shape index (κ3) is 4.98. The Bertz CT molecular complexity index is 808. The normalized spacial score (nSPS) is 19.2. The second-order valence-corrected chi connectivity index (χ2v) is 8.05. The lowest BCUT2D eigenvalue weighted by atomic mass is 10.1. The molecule has 1 aliphatic rings. The Morgan fingerprint density at radius 2 is 1.93 bits per heavy atom. The molecule has 3 rings (SSSR count). The molecule has 0 aliphatic heterocycles. The molecular weight excluding hydrogens is 406 g/mol. The number of carbonyl (C=O) groups is 2. The molecule has 3 unspecified atom stereocenters. The fraction of sp³-hybridized carbons (Fsp3) is 0.364. The van der Waals surface area contributed by atoms with Crippen LogP contribution in [-0.2, 0) is 20.9 Å². The highest BCUT2D eigenvalue weighted by molar-refractivity contribution is 9.10. The van der Waals surface area contributed by atoms with Crippen molar-refractivity contribution in [3.63, 3.8) is 0 Å². The smallest absolute Gasteiger partial charge is 0.310 e. The van der Waals surface area contributed by atoms with Gasteiger partial charge in [0.2, 0.25) is 5.91 Å². The zero-order valence-electron chi connectivity index (χ0n) is 15.6. The van der Waals surface area contributed by atoms with Gasteiger partial charge in [0.1, 0.15) is 0 Å². The molecule has 0 aromatic heterocycles. The number of halogens is 1. The van der Waals surface area contributed by atoms with Crippen LogP contribution in [0.25, 0.3) is 0 Å². The number of benzene rings is 2. The third-order valence-corrected chi connectivity index (χ3v) is 5.50. The lowest BCUT2D eigenvalue weighted by molar-refractivity contribution is -0.146. The average molecular weight is 430 g/mol. The van der Waals surface area contributed by atoms with Crippen LogP contribution in [0.5, 0.6) is 0 Å². The minimum atomic E-state index is -0.356. The number of hydrogen-bond donors (Lipinski definition) is 0. The molecule has 1 amide bonds. The lowest BCUT2D eigenvalue weighted by Gasteiger charge is -2.25. The van der Waals surface area contributed by atoms with Gasteiger partial charge in [-0.1, -0.05) is 65.3 Å². The summed E-state index contributed by atoms with van der Waals surface area (Å²) in [4.78, 5) is 26.9. The van der Waals surface area contributed by atoms with E-state index in [0.29, 0.717) is 13.1 Å². The van der Waals surface area contributed by atoms with Gasteiger partial charge in [0.05, 0.1) is 13.0 Å². The Morgan fingerprint density at radius 1 is 1.19 bits per heavy atom. The van der Waals surface area contributed by atoms with Crippen molar-refractivity contribution >= 4 is 27.8 Å². The molecule has 5 heteroatoms. The standard InChI is InChI=1S/C22H24BrNO3/c1-15(22(26)27-2)13-24(14-16-7-4-3-5-8-16)21(25)20-12-19(20)17-9-6-10-18(23)11-17/h3-11,15,19-20H,12-14H2,1-2H3.